The minimum atomic E-state index is -0.447. The molecule has 0 aliphatic rings. The van der Waals surface area contributed by atoms with Crippen LogP contribution in [0.15, 0.2) is 61.2 Å². The maximum atomic E-state index is 13.4. The highest BCUT2D eigenvalue weighted by molar-refractivity contribution is 6.31. The molecule has 0 saturated heterocycles. The molecule has 0 aliphatic heterocycles. The Morgan fingerprint density at radius 3 is 2.85 bits per heavy atom. The largest absolute Gasteiger partial charge is 0.370 e. The molecule has 5 nitrogen and oxygen atoms in total. The lowest BCUT2D eigenvalue weighted by molar-refractivity contribution is 0.628. The summed E-state index contributed by atoms with van der Waals surface area (Å²) >= 11 is 5.90. The van der Waals surface area contributed by atoms with Gasteiger partial charge in [-0.2, -0.15) is 9.61 Å². The topological polar surface area (TPSA) is 55.1 Å². The van der Waals surface area contributed by atoms with Crippen LogP contribution in [0.2, 0.25) is 5.02 Å². The van der Waals surface area contributed by atoms with E-state index in [2.05, 4.69) is 20.4 Å². The van der Waals surface area contributed by atoms with Crippen LogP contribution in [0.5, 0.6) is 0 Å². The average Bonchev–Trinajstić information content (AvgIpc) is 3.10. The van der Waals surface area contributed by atoms with Crippen LogP contribution in [-0.2, 0) is 6.42 Å². The van der Waals surface area contributed by atoms with E-state index in [9.17, 15) is 4.39 Å². The van der Waals surface area contributed by atoms with Crippen LogP contribution in [-0.4, -0.2) is 26.1 Å². The van der Waals surface area contributed by atoms with Crippen LogP contribution in [0.4, 0.5) is 10.2 Å². The second kappa shape index (κ2) is 7.09. The van der Waals surface area contributed by atoms with Gasteiger partial charge in [-0.25, -0.2) is 9.37 Å². The van der Waals surface area contributed by atoms with Gasteiger partial charge in [-0.3, -0.25) is 4.98 Å². The Labute approximate surface area is 154 Å². The number of rotatable bonds is 5. The summed E-state index contributed by atoms with van der Waals surface area (Å²) in [7, 11) is 0. The zero-order valence-corrected chi connectivity index (χ0v) is 14.5. The van der Waals surface area contributed by atoms with Crippen molar-refractivity contribution in [2.45, 2.75) is 6.42 Å². The van der Waals surface area contributed by atoms with Gasteiger partial charge >= 0.3 is 0 Å². The fourth-order valence-corrected chi connectivity index (χ4v) is 2.95. The third-order valence-corrected chi connectivity index (χ3v) is 4.36. The monoisotopic (exact) mass is 367 g/mol. The summed E-state index contributed by atoms with van der Waals surface area (Å²) in [5.41, 5.74) is 3.40. The molecule has 3 aromatic heterocycles. The van der Waals surface area contributed by atoms with Crippen LogP contribution < -0.4 is 5.32 Å². The minimum absolute atomic E-state index is 0.0765. The lowest BCUT2D eigenvalue weighted by Gasteiger charge is -2.08. The van der Waals surface area contributed by atoms with Gasteiger partial charge in [-0.05, 0) is 41.8 Å². The summed E-state index contributed by atoms with van der Waals surface area (Å²) < 4.78 is 15.1. The second-order valence-corrected chi connectivity index (χ2v) is 6.20. The predicted octanol–water partition coefficient (Wildman–Crippen LogP) is 4.24. The highest BCUT2D eigenvalue weighted by atomic mass is 35.5. The smallest absolute Gasteiger partial charge is 0.165 e. The number of nitrogens with zero attached hydrogens (tertiary/aromatic N) is 4. The maximum Gasteiger partial charge on any atom is 0.165 e. The summed E-state index contributed by atoms with van der Waals surface area (Å²) in [6, 6.07) is 10.4. The first-order valence-corrected chi connectivity index (χ1v) is 8.51. The number of fused-ring (bicyclic) bond motifs is 1. The van der Waals surface area contributed by atoms with E-state index in [0.717, 1.165) is 35.5 Å². The van der Waals surface area contributed by atoms with Crippen LogP contribution in [0.1, 0.15) is 5.56 Å². The SMILES string of the molecule is Fc1ccc(-c2cnn3c(NCCc4cccnc4)ccnc23)cc1Cl. The molecule has 0 unspecified atom stereocenters. The van der Waals surface area contributed by atoms with Crippen LogP contribution in [0.25, 0.3) is 16.8 Å². The van der Waals surface area contributed by atoms with Crippen molar-refractivity contribution in [1.29, 1.82) is 0 Å². The van der Waals surface area contributed by atoms with Gasteiger partial charge < -0.3 is 5.32 Å². The van der Waals surface area contributed by atoms with Crippen molar-refractivity contribution in [3.8, 4) is 11.1 Å². The maximum absolute atomic E-state index is 13.4. The van der Waals surface area contributed by atoms with E-state index in [1.807, 2.05) is 24.4 Å². The van der Waals surface area contributed by atoms with Crippen molar-refractivity contribution in [1.82, 2.24) is 19.6 Å². The Balaban J connectivity index is 1.59. The first kappa shape index (κ1) is 16.5. The van der Waals surface area contributed by atoms with Gasteiger partial charge in [-0.15, -0.1) is 0 Å². The Morgan fingerprint density at radius 2 is 2.04 bits per heavy atom. The highest BCUT2D eigenvalue weighted by Gasteiger charge is 2.12. The van der Waals surface area contributed by atoms with Crippen LogP contribution >= 0.6 is 11.6 Å². The molecule has 0 saturated carbocycles. The fourth-order valence-electron chi connectivity index (χ4n) is 2.77. The lowest BCUT2D eigenvalue weighted by atomic mass is 10.1. The minimum Gasteiger partial charge on any atom is -0.370 e. The first-order chi connectivity index (χ1) is 12.7. The van der Waals surface area contributed by atoms with Gasteiger partial charge in [0.2, 0.25) is 0 Å². The van der Waals surface area contributed by atoms with Crippen LogP contribution in [0, 0.1) is 5.82 Å². The van der Waals surface area contributed by atoms with Gasteiger partial charge in [0.1, 0.15) is 11.6 Å². The van der Waals surface area contributed by atoms with Crippen molar-refractivity contribution >= 4 is 23.1 Å². The van der Waals surface area contributed by atoms with Crippen molar-refractivity contribution in [2.75, 3.05) is 11.9 Å². The van der Waals surface area contributed by atoms with Gasteiger partial charge in [-0.1, -0.05) is 23.7 Å². The third kappa shape index (κ3) is 3.23. The number of anilines is 1. The van der Waals surface area contributed by atoms with Crippen molar-refractivity contribution < 1.29 is 4.39 Å². The number of benzene rings is 1. The Hall–Kier alpha value is -2.99. The summed E-state index contributed by atoms with van der Waals surface area (Å²) in [6.07, 6.45) is 7.89. The molecule has 0 spiro atoms. The molecule has 0 amide bonds. The van der Waals surface area contributed by atoms with E-state index in [4.69, 9.17) is 11.6 Å². The van der Waals surface area contributed by atoms with E-state index in [1.165, 1.54) is 6.07 Å². The molecule has 130 valence electrons. The Kier molecular flexibility index (Phi) is 4.50. The predicted molar refractivity (Wildman–Crippen MR) is 99.8 cm³/mol. The second-order valence-electron chi connectivity index (χ2n) is 5.79. The Morgan fingerprint density at radius 1 is 1.12 bits per heavy atom. The summed E-state index contributed by atoms with van der Waals surface area (Å²) in [5.74, 6) is 0.385. The standard InChI is InChI=1S/C19H15ClFN5/c20-16-10-14(3-4-17(16)21)15-12-25-26-18(6-9-24-19(15)26)23-8-5-13-2-1-7-22-11-13/h1-4,6-7,9-12,23H,5,8H2. The van der Waals surface area contributed by atoms with Gasteiger partial charge in [0.25, 0.3) is 0 Å². The number of pyridine rings is 1. The van der Waals surface area contributed by atoms with Crippen molar-refractivity contribution in [3.05, 3.63) is 77.6 Å². The molecule has 0 bridgehead atoms. The van der Waals surface area contributed by atoms with Gasteiger partial charge in [0.15, 0.2) is 5.65 Å². The third-order valence-electron chi connectivity index (χ3n) is 4.07. The normalized spacial score (nSPS) is 11.0. The number of aromatic nitrogens is 4. The van der Waals surface area contributed by atoms with E-state index in [-0.39, 0.29) is 5.02 Å². The first-order valence-electron chi connectivity index (χ1n) is 8.13. The number of nitrogens with one attached hydrogen (secondary N) is 1. The van der Waals surface area contributed by atoms with Crippen molar-refractivity contribution in [2.24, 2.45) is 0 Å². The molecule has 1 aromatic carbocycles. The quantitative estimate of drug-likeness (QED) is 0.573. The number of halogens is 2. The lowest BCUT2D eigenvalue weighted by Crippen LogP contribution is -2.09. The van der Waals surface area contributed by atoms with Crippen molar-refractivity contribution in [3.63, 3.8) is 0 Å². The highest BCUT2D eigenvalue weighted by Crippen LogP contribution is 2.28. The molecule has 4 rings (SSSR count). The van der Waals surface area contributed by atoms with Gasteiger partial charge in [0, 0.05) is 30.7 Å². The van der Waals surface area contributed by atoms with E-state index in [1.54, 1.807) is 35.2 Å². The average molecular weight is 368 g/mol. The fraction of sp³-hybridized carbons (Fsp3) is 0.105. The molecule has 0 fully saturated rings. The summed E-state index contributed by atoms with van der Waals surface area (Å²) in [5, 5.41) is 7.86. The van der Waals surface area contributed by atoms with E-state index >= 15 is 0 Å². The van der Waals surface area contributed by atoms with E-state index in [0.29, 0.717) is 5.65 Å². The molecule has 4 aromatic rings. The van der Waals surface area contributed by atoms with Gasteiger partial charge in [0.05, 0.1) is 11.2 Å². The molecular weight excluding hydrogens is 353 g/mol. The number of hydrogen-bond acceptors (Lipinski definition) is 4. The molecule has 0 radical (unpaired) electrons. The molecular formula is C19H15ClFN5. The molecule has 7 heteroatoms. The molecule has 26 heavy (non-hydrogen) atoms. The zero-order chi connectivity index (χ0) is 17.9. The Bertz CT molecular complexity index is 1050. The zero-order valence-electron chi connectivity index (χ0n) is 13.7. The molecule has 1 N–H and O–H groups in total. The number of hydrogen-bond donors (Lipinski definition) is 1. The van der Waals surface area contributed by atoms with Crippen LogP contribution in [0.3, 0.4) is 0 Å². The van der Waals surface area contributed by atoms with E-state index < -0.39 is 5.82 Å². The molecule has 0 aliphatic carbocycles. The summed E-state index contributed by atoms with van der Waals surface area (Å²) in [6.45, 7) is 0.738. The summed E-state index contributed by atoms with van der Waals surface area (Å²) in [4.78, 5) is 8.53. The molecule has 0 atom stereocenters. The molecule has 3 heterocycles.